The molecular weight excluding hydrogens is 385 g/mol. The molecule has 2 aromatic rings. The topological polar surface area (TPSA) is 41.0 Å². The van der Waals surface area contributed by atoms with Gasteiger partial charge in [-0.05, 0) is 42.2 Å². The number of benzene rings is 1. The van der Waals surface area contributed by atoms with E-state index >= 15 is 0 Å². The summed E-state index contributed by atoms with van der Waals surface area (Å²) in [5.41, 5.74) is 1.69. The first-order valence-electron chi connectivity index (χ1n) is 5.21. The molecule has 2 rings (SSSR count). The predicted octanol–water partition coefficient (Wildman–Crippen LogP) is 2.84. The Morgan fingerprint density at radius 2 is 2.00 bits per heavy atom. The van der Waals surface area contributed by atoms with Crippen LogP contribution in [0.4, 0.5) is 0 Å². The maximum Gasteiger partial charge on any atom is 0.326 e. The first-order valence-corrected chi connectivity index (χ1v) is 6.80. The van der Waals surface area contributed by atoms with Crippen molar-refractivity contribution in [2.24, 2.45) is 0 Å². The number of aromatic amines is 1. The number of imidazole rings is 1. The molecule has 0 fully saturated rings. The number of fused-ring (bicyclic) bond motifs is 1. The third kappa shape index (κ3) is 3.17. The lowest BCUT2D eigenvalue weighted by molar-refractivity contribution is 0.384. The van der Waals surface area contributed by atoms with Crippen LogP contribution in [-0.2, 0) is 6.54 Å². The Morgan fingerprint density at radius 3 is 2.61 bits per heavy atom. The Labute approximate surface area is 128 Å². The van der Waals surface area contributed by atoms with Crippen LogP contribution < -0.4 is 5.69 Å². The molecule has 4 nitrogen and oxygen atoms in total. The summed E-state index contributed by atoms with van der Waals surface area (Å²) in [6.45, 7) is 1.51. The van der Waals surface area contributed by atoms with Gasteiger partial charge in [0.2, 0.25) is 0 Å². The fourth-order valence-electron chi connectivity index (χ4n) is 1.70. The highest BCUT2D eigenvalue weighted by Crippen LogP contribution is 2.26. The smallest absolute Gasteiger partial charge is 0.308 e. The van der Waals surface area contributed by atoms with E-state index in [-0.39, 0.29) is 18.1 Å². The lowest BCUT2D eigenvalue weighted by Gasteiger charge is -2.10. The van der Waals surface area contributed by atoms with Crippen LogP contribution in [0.5, 0.6) is 0 Å². The van der Waals surface area contributed by atoms with E-state index in [1.807, 2.05) is 26.2 Å². The number of hydrogen-bond acceptors (Lipinski definition) is 2. The zero-order valence-corrected chi connectivity index (χ0v) is 14.0. The Kier molecular flexibility index (Phi) is 5.46. The number of hydrogen-bond donors (Lipinski definition) is 1. The lowest BCUT2D eigenvalue weighted by atomic mass is 10.3. The minimum absolute atomic E-state index is 0. The van der Waals surface area contributed by atoms with Crippen molar-refractivity contribution in [3.8, 4) is 0 Å². The summed E-state index contributed by atoms with van der Waals surface area (Å²) in [5.74, 6) is 0. The van der Waals surface area contributed by atoms with Gasteiger partial charge in [0.05, 0.1) is 11.0 Å². The van der Waals surface area contributed by atoms with Gasteiger partial charge in [-0.3, -0.25) is 4.57 Å². The molecule has 1 aromatic heterocycles. The number of rotatable bonds is 3. The van der Waals surface area contributed by atoms with E-state index in [0.29, 0.717) is 6.54 Å². The molecule has 18 heavy (non-hydrogen) atoms. The van der Waals surface area contributed by atoms with Crippen molar-refractivity contribution in [2.45, 2.75) is 6.54 Å². The highest BCUT2D eigenvalue weighted by molar-refractivity contribution is 9.11. The molecule has 0 saturated heterocycles. The SMILES string of the molecule is CN(C)CCn1c(=O)[nH]c2c(Br)cc(Br)cc21.Cl. The number of nitrogens with zero attached hydrogens (tertiary/aromatic N) is 2. The molecule has 1 N–H and O–H groups in total. The number of likely N-dealkylation sites (N-methyl/N-ethyl adjacent to an activating group) is 1. The zero-order chi connectivity index (χ0) is 12.6. The molecule has 7 heteroatoms. The summed E-state index contributed by atoms with van der Waals surface area (Å²) < 4.78 is 3.60. The van der Waals surface area contributed by atoms with Crippen molar-refractivity contribution in [1.82, 2.24) is 14.5 Å². The van der Waals surface area contributed by atoms with Crippen LogP contribution in [0.2, 0.25) is 0 Å². The largest absolute Gasteiger partial charge is 0.326 e. The van der Waals surface area contributed by atoms with E-state index in [1.54, 1.807) is 4.57 Å². The monoisotopic (exact) mass is 397 g/mol. The molecule has 1 heterocycles. The predicted molar refractivity (Wildman–Crippen MR) is 83.8 cm³/mol. The highest BCUT2D eigenvalue weighted by atomic mass is 79.9. The molecule has 0 unspecified atom stereocenters. The minimum Gasteiger partial charge on any atom is -0.308 e. The summed E-state index contributed by atoms with van der Waals surface area (Å²) in [6.07, 6.45) is 0. The summed E-state index contributed by atoms with van der Waals surface area (Å²) in [7, 11) is 3.98. The zero-order valence-electron chi connectivity index (χ0n) is 10.0. The quantitative estimate of drug-likeness (QED) is 0.862. The van der Waals surface area contributed by atoms with E-state index < -0.39 is 0 Å². The molecule has 0 amide bonds. The number of aromatic nitrogens is 2. The third-order valence-electron chi connectivity index (χ3n) is 2.57. The normalized spacial score (nSPS) is 10.9. The average molecular weight is 400 g/mol. The molecule has 0 radical (unpaired) electrons. The van der Waals surface area contributed by atoms with Crippen LogP contribution in [0, 0.1) is 0 Å². The molecule has 0 atom stereocenters. The minimum atomic E-state index is -0.0688. The summed E-state index contributed by atoms with van der Waals surface area (Å²) in [6, 6.07) is 3.88. The van der Waals surface area contributed by atoms with Crippen LogP contribution in [-0.4, -0.2) is 35.1 Å². The molecule has 0 aliphatic carbocycles. The van der Waals surface area contributed by atoms with Gasteiger partial charge >= 0.3 is 5.69 Å². The van der Waals surface area contributed by atoms with Crippen LogP contribution in [0.15, 0.2) is 25.9 Å². The Balaban J connectivity index is 0.00000162. The van der Waals surface area contributed by atoms with Gasteiger partial charge in [-0.15, -0.1) is 12.4 Å². The Morgan fingerprint density at radius 1 is 1.33 bits per heavy atom. The second-order valence-electron chi connectivity index (χ2n) is 4.17. The van der Waals surface area contributed by atoms with Crippen molar-refractivity contribution in [1.29, 1.82) is 0 Å². The summed E-state index contributed by atoms with van der Waals surface area (Å²) in [5, 5.41) is 0. The first kappa shape index (κ1) is 15.8. The van der Waals surface area contributed by atoms with Gasteiger partial charge in [0, 0.05) is 22.0 Å². The number of H-pyrrole nitrogens is 1. The van der Waals surface area contributed by atoms with Gasteiger partial charge in [0.15, 0.2) is 0 Å². The van der Waals surface area contributed by atoms with Crippen LogP contribution in [0.3, 0.4) is 0 Å². The molecule has 0 aliphatic heterocycles. The first-order chi connectivity index (χ1) is 7.99. The fourth-order valence-corrected chi connectivity index (χ4v) is 3.00. The van der Waals surface area contributed by atoms with Crippen LogP contribution >= 0.6 is 44.3 Å². The van der Waals surface area contributed by atoms with Gasteiger partial charge in [-0.1, -0.05) is 15.9 Å². The van der Waals surface area contributed by atoms with E-state index in [4.69, 9.17) is 0 Å². The van der Waals surface area contributed by atoms with Gasteiger partial charge in [0.25, 0.3) is 0 Å². The lowest BCUT2D eigenvalue weighted by Crippen LogP contribution is -2.24. The molecule has 100 valence electrons. The Hall–Kier alpha value is -0.300. The van der Waals surface area contributed by atoms with E-state index in [9.17, 15) is 4.79 Å². The maximum absolute atomic E-state index is 11.9. The number of nitrogens with one attached hydrogen (secondary N) is 1. The standard InChI is InChI=1S/C11H13Br2N3O.ClH/c1-15(2)3-4-16-9-6-7(12)5-8(13)10(9)14-11(16)17;/h5-6H,3-4H2,1-2H3,(H,14,17);1H. The van der Waals surface area contributed by atoms with Crippen molar-refractivity contribution in [3.63, 3.8) is 0 Å². The molecule has 0 saturated carbocycles. The summed E-state index contributed by atoms with van der Waals surface area (Å²) in [4.78, 5) is 16.8. The highest BCUT2D eigenvalue weighted by Gasteiger charge is 2.10. The van der Waals surface area contributed by atoms with Gasteiger partial charge < -0.3 is 9.88 Å². The van der Waals surface area contributed by atoms with Crippen molar-refractivity contribution < 1.29 is 0 Å². The molecular formula is C11H14Br2ClN3O. The fraction of sp³-hybridized carbons (Fsp3) is 0.364. The van der Waals surface area contributed by atoms with Crippen molar-refractivity contribution in [3.05, 3.63) is 31.6 Å². The average Bonchev–Trinajstić information content (AvgIpc) is 2.52. The molecule has 0 bridgehead atoms. The molecule has 0 spiro atoms. The Bertz CT molecular complexity index is 606. The van der Waals surface area contributed by atoms with Crippen molar-refractivity contribution >= 4 is 55.3 Å². The maximum atomic E-state index is 11.9. The van der Waals surface area contributed by atoms with Crippen LogP contribution in [0.1, 0.15) is 0 Å². The van der Waals surface area contributed by atoms with Crippen molar-refractivity contribution in [2.75, 3.05) is 20.6 Å². The molecule has 0 aliphatic rings. The number of halogens is 3. The van der Waals surface area contributed by atoms with E-state index in [0.717, 1.165) is 26.5 Å². The third-order valence-corrected chi connectivity index (χ3v) is 3.66. The molecule has 1 aromatic carbocycles. The van der Waals surface area contributed by atoms with Gasteiger partial charge in [0.1, 0.15) is 0 Å². The van der Waals surface area contributed by atoms with Gasteiger partial charge in [-0.25, -0.2) is 4.79 Å². The van der Waals surface area contributed by atoms with Gasteiger partial charge in [-0.2, -0.15) is 0 Å². The van der Waals surface area contributed by atoms with E-state index in [2.05, 4.69) is 41.7 Å². The summed E-state index contributed by atoms with van der Waals surface area (Å²) >= 11 is 6.89. The van der Waals surface area contributed by atoms with Crippen LogP contribution in [0.25, 0.3) is 11.0 Å². The second kappa shape index (κ2) is 6.23. The second-order valence-corrected chi connectivity index (χ2v) is 5.94. The van der Waals surface area contributed by atoms with E-state index in [1.165, 1.54) is 0 Å².